The second kappa shape index (κ2) is 11.0. The van der Waals surface area contributed by atoms with Crippen LogP contribution < -0.4 is 10.6 Å². The third-order valence-corrected chi connectivity index (χ3v) is 12.3. The lowest BCUT2D eigenvalue weighted by Crippen LogP contribution is -2.28. The molecule has 0 saturated heterocycles. The van der Waals surface area contributed by atoms with Gasteiger partial charge in [0.05, 0.1) is 5.41 Å². The molecule has 45 heavy (non-hydrogen) atoms. The Morgan fingerprint density at radius 2 is 0.867 bits per heavy atom. The van der Waals surface area contributed by atoms with Gasteiger partial charge in [0.1, 0.15) is 14.3 Å². The Bertz CT molecular complexity index is 2080. The number of benzene rings is 6. The van der Waals surface area contributed by atoms with Gasteiger partial charge in [0, 0.05) is 10.6 Å². The summed E-state index contributed by atoms with van der Waals surface area (Å²) >= 11 is 0. The zero-order valence-electron chi connectivity index (χ0n) is 26.1. The summed E-state index contributed by atoms with van der Waals surface area (Å²) in [6.07, 6.45) is 0. The van der Waals surface area contributed by atoms with Crippen molar-refractivity contribution in [2.45, 2.75) is 5.41 Å². The van der Waals surface area contributed by atoms with Crippen molar-refractivity contribution in [3.8, 4) is 33.4 Å². The normalized spacial score (nSPS) is 13.7. The Labute approximate surface area is 266 Å². The zero-order chi connectivity index (χ0) is 31.4. The molecule has 0 N–H and O–H groups in total. The summed E-state index contributed by atoms with van der Waals surface area (Å²) in [7, 11) is -4.81. The van der Waals surface area contributed by atoms with Crippen molar-refractivity contribution in [3.63, 3.8) is 0 Å². The SMILES string of the molecule is CP(C)(=O)c1ccc(-c2ccc3c(c2-c2ccc(P(C)(C)=O)cc2)-c2ccccc2C3(c2ccccc2)c2ccccc2)cc1. The highest BCUT2D eigenvalue weighted by Crippen LogP contribution is 2.59. The second-order valence-electron chi connectivity index (χ2n) is 12.7. The fraction of sp³-hybridized carbons (Fsp3) is 0.122. The Hall–Kier alpha value is -4.22. The number of hydrogen-bond donors (Lipinski definition) is 0. The molecule has 6 aromatic carbocycles. The molecule has 0 bridgehead atoms. The van der Waals surface area contributed by atoms with Crippen LogP contribution >= 0.6 is 14.3 Å². The molecular weight excluding hydrogens is 586 g/mol. The fourth-order valence-electron chi connectivity index (χ4n) is 7.06. The molecule has 0 aliphatic heterocycles. The first kappa shape index (κ1) is 29.5. The molecule has 0 aromatic heterocycles. The van der Waals surface area contributed by atoms with Crippen molar-refractivity contribution in [1.82, 2.24) is 0 Å². The molecule has 2 nitrogen and oxygen atoms in total. The third-order valence-electron chi connectivity index (χ3n) is 9.20. The molecule has 1 aliphatic carbocycles. The summed E-state index contributed by atoms with van der Waals surface area (Å²) in [5.41, 5.74) is 11.2. The zero-order valence-corrected chi connectivity index (χ0v) is 27.9. The average molecular weight is 623 g/mol. The molecule has 6 aromatic rings. The van der Waals surface area contributed by atoms with Crippen LogP contribution in [0.2, 0.25) is 0 Å². The van der Waals surface area contributed by atoms with E-state index >= 15 is 0 Å². The minimum atomic E-state index is -2.42. The van der Waals surface area contributed by atoms with Crippen molar-refractivity contribution in [2.75, 3.05) is 26.7 Å². The molecule has 4 heteroatoms. The largest absolute Gasteiger partial charge is 0.319 e. The standard InChI is InChI=1S/C41H36O2P2/c1-44(2,42)33-23-19-29(20-24-33)35-27-28-38-40(39(35)30-21-25-34(26-22-30)45(3,4)43)36-17-11-12-18-37(36)41(38,31-13-7-5-8-14-31)32-15-9-6-10-16-32/h5-28H,1-4H3. The lowest BCUT2D eigenvalue weighted by Gasteiger charge is -2.34. The summed E-state index contributed by atoms with van der Waals surface area (Å²) in [6, 6.07) is 51.5. The van der Waals surface area contributed by atoms with E-state index in [9.17, 15) is 9.13 Å². The van der Waals surface area contributed by atoms with E-state index in [0.717, 1.165) is 32.9 Å². The molecule has 0 fully saturated rings. The maximum Gasteiger partial charge on any atom is 0.109 e. The van der Waals surface area contributed by atoms with Gasteiger partial charge in [-0.25, -0.2) is 0 Å². The Morgan fingerprint density at radius 1 is 0.400 bits per heavy atom. The van der Waals surface area contributed by atoms with Crippen LogP contribution in [-0.2, 0) is 14.5 Å². The molecule has 7 rings (SSSR count). The van der Waals surface area contributed by atoms with Gasteiger partial charge in [-0.2, -0.15) is 0 Å². The number of rotatable bonds is 6. The highest BCUT2D eigenvalue weighted by molar-refractivity contribution is 7.70. The predicted molar refractivity (Wildman–Crippen MR) is 193 cm³/mol. The van der Waals surface area contributed by atoms with Crippen molar-refractivity contribution in [1.29, 1.82) is 0 Å². The van der Waals surface area contributed by atoms with E-state index < -0.39 is 19.7 Å². The highest BCUT2D eigenvalue weighted by atomic mass is 31.2. The monoisotopic (exact) mass is 622 g/mol. The summed E-state index contributed by atoms with van der Waals surface area (Å²) in [5.74, 6) is 0. The molecule has 0 unspecified atom stereocenters. The van der Waals surface area contributed by atoms with Gasteiger partial charge >= 0.3 is 0 Å². The maximum absolute atomic E-state index is 13.0. The highest BCUT2D eigenvalue weighted by Gasteiger charge is 2.47. The Balaban J connectivity index is 1.60. The molecule has 0 spiro atoms. The topological polar surface area (TPSA) is 34.1 Å². The van der Waals surface area contributed by atoms with E-state index in [-0.39, 0.29) is 0 Å². The van der Waals surface area contributed by atoms with Gasteiger partial charge in [0.2, 0.25) is 0 Å². The first-order valence-electron chi connectivity index (χ1n) is 15.3. The molecule has 0 saturated carbocycles. The Morgan fingerprint density at radius 3 is 1.38 bits per heavy atom. The van der Waals surface area contributed by atoms with Gasteiger partial charge in [0.25, 0.3) is 0 Å². The van der Waals surface area contributed by atoms with Gasteiger partial charge < -0.3 is 9.13 Å². The van der Waals surface area contributed by atoms with Gasteiger partial charge in [0.15, 0.2) is 0 Å². The van der Waals surface area contributed by atoms with Crippen LogP contribution in [0.25, 0.3) is 33.4 Å². The molecular formula is C41H36O2P2. The predicted octanol–water partition coefficient (Wildman–Crippen LogP) is 9.88. The number of fused-ring (bicyclic) bond motifs is 3. The first-order valence-corrected chi connectivity index (χ1v) is 20.5. The van der Waals surface area contributed by atoms with Gasteiger partial charge in [-0.1, -0.05) is 146 Å². The van der Waals surface area contributed by atoms with E-state index in [2.05, 4.69) is 121 Å². The molecule has 0 radical (unpaired) electrons. The molecule has 0 atom stereocenters. The van der Waals surface area contributed by atoms with Crippen LogP contribution in [0.1, 0.15) is 22.3 Å². The van der Waals surface area contributed by atoms with Crippen molar-refractivity contribution in [2.24, 2.45) is 0 Å². The van der Waals surface area contributed by atoms with E-state index in [1.54, 1.807) is 0 Å². The van der Waals surface area contributed by atoms with Gasteiger partial charge in [-0.3, -0.25) is 0 Å². The van der Waals surface area contributed by atoms with Crippen LogP contribution in [0.5, 0.6) is 0 Å². The lowest BCUT2D eigenvalue weighted by atomic mass is 9.67. The van der Waals surface area contributed by atoms with Gasteiger partial charge in [-0.05, 0) is 82.3 Å². The van der Waals surface area contributed by atoms with Gasteiger partial charge in [-0.15, -0.1) is 0 Å². The minimum absolute atomic E-state index is 0.509. The van der Waals surface area contributed by atoms with E-state index in [1.807, 2.05) is 50.9 Å². The van der Waals surface area contributed by atoms with E-state index in [1.165, 1.54) is 33.4 Å². The summed E-state index contributed by atoms with van der Waals surface area (Å²) < 4.78 is 25.9. The van der Waals surface area contributed by atoms with Crippen LogP contribution in [0.4, 0.5) is 0 Å². The molecule has 222 valence electrons. The smallest absolute Gasteiger partial charge is 0.109 e. The fourth-order valence-corrected chi connectivity index (χ4v) is 8.79. The number of hydrogen-bond acceptors (Lipinski definition) is 2. The first-order chi connectivity index (χ1) is 21.6. The lowest BCUT2D eigenvalue weighted by molar-refractivity contribution is 0.587. The second-order valence-corrected chi connectivity index (χ2v) is 19.2. The maximum atomic E-state index is 13.0. The van der Waals surface area contributed by atoms with Crippen molar-refractivity contribution in [3.05, 3.63) is 168 Å². The summed E-state index contributed by atoms with van der Waals surface area (Å²) in [4.78, 5) is 0. The van der Waals surface area contributed by atoms with Crippen LogP contribution in [0.3, 0.4) is 0 Å². The quantitative estimate of drug-likeness (QED) is 0.173. The Kier molecular flexibility index (Phi) is 7.20. The molecule has 1 aliphatic rings. The molecule has 0 heterocycles. The minimum Gasteiger partial charge on any atom is -0.319 e. The summed E-state index contributed by atoms with van der Waals surface area (Å²) in [5, 5.41) is 1.74. The van der Waals surface area contributed by atoms with Crippen LogP contribution in [0, 0.1) is 0 Å². The average Bonchev–Trinajstić information content (AvgIpc) is 3.36. The van der Waals surface area contributed by atoms with E-state index in [0.29, 0.717) is 0 Å². The van der Waals surface area contributed by atoms with E-state index in [4.69, 9.17) is 0 Å². The summed E-state index contributed by atoms with van der Waals surface area (Å²) in [6.45, 7) is 7.27. The van der Waals surface area contributed by atoms with Crippen LogP contribution in [0.15, 0.2) is 146 Å². The van der Waals surface area contributed by atoms with Crippen molar-refractivity contribution >= 4 is 24.9 Å². The third kappa shape index (κ3) is 4.89. The van der Waals surface area contributed by atoms with Crippen molar-refractivity contribution < 1.29 is 9.13 Å². The molecule has 0 amide bonds. The van der Waals surface area contributed by atoms with Crippen LogP contribution in [-0.4, -0.2) is 26.7 Å².